The van der Waals surface area contributed by atoms with Crippen molar-refractivity contribution < 1.29 is 9.23 Å². The van der Waals surface area contributed by atoms with Gasteiger partial charge in [-0.1, -0.05) is 36.4 Å². The summed E-state index contributed by atoms with van der Waals surface area (Å²) in [6.07, 6.45) is 3.43. The van der Waals surface area contributed by atoms with Crippen LogP contribution in [0.3, 0.4) is 0 Å². The highest BCUT2D eigenvalue weighted by Crippen LogP contribution is 2.36. The Bertz CT molecular complexity index is 1370. The molecule has 0 amide bonds. The zero-order valence-electron chi connectivity index (χ0n) is 16.2. The fourth-order valence-corrected chi connectivity index (χ4v) is 3.57. The molecule has 0 unspecified atom stereocenters. The highest BCUT2D eigenvalue weighted by Gasteiger charge is 2.20. The average molecular weight is 396 g/mol. The molecule has 3 aromatic heterocycles. The number of benzene rings is 2. The highest BCUT2D eigenvalue weighted by molar-refractivity contribution is 5.98. The normalized spacial score (nSPS) is 11.1. The third-order valence-electron chi connectivity index (χ3n) is 4.94. The lowest BCUT2D eigenvalue weighted by molar-refractivity contribution is 0.201. The lowest BCUT2D eigenvalue weighted by Gasteiger charge is -2.23. The number of nitrogens with zero attached hydrogens (tertiary/aromatic N) is 4. The van der Waals surface area contributed by atoms with Gasteiger partial charge in [-0.25, -0.2) is 19.4 Å². The van der Waals surface area contributed by atoms with Gasteiger partial charge in [0.1, 0.15) is 17.0 Å². The van der Waals surface area contributed by atoms with E-state index in [0.717, 1.165) is 10.8 Å². The van der Waals surface area contributed by atoms with Crippen LogP contribution in [-0.2, 0) is 4.84 Å². The summed E-state index contributed by atoms with van der Waals surface area (Å²) in [4.78, 5) is 19.5. The van der Waals surface area contributed by atoms with E-state index in [1.54, 1.807) is 54.9 Å². The van der Waals surface area contributed by atoms with Crippen molar-refractivity contribution in [3.63, 3.8) is 0 Å². The molecule has 0 bridgehead atoms. The standard InChI is InChI=1S/C24H17FN4O/c1-30-29(24-17-8-3-2-7-16(17)12-14-27-24)22-15-21(18-9-4-5-10-19(18)25)28-20-11-6-13-26-23(20)22/h2-15H,1H3. The molecule has 0 saturated carbocycles. The largest absolute Gasteiger partial charge is 0.270 e. The van der Waals surface area contributed by atoms with E-state index < -0.39 is 0 Å². The van der Waals surface area contributed by atoms with Crippen molar-refractivity contribution in [3.05, 3.63) is 91.0 Å². The first-order chi connectivity index (χ1) is 14.8. The summed E-state index contributed by atoms with van der Waals surface area (Å²) in [5.41, 5.74) is 2.80. The van der Waals surface area contributed by atoms with Crippen LogP contribution in [0.4, 0.5) is 15.9 Å². The first-order valence-electron chi connectivity index (χ1n) is 9.45. The zero-order chi connectivity index (χ0) is 20.5. The summed E-state index contributed by atoms with van der Waals surface area (Å²) in [7, 11) is 1.57. The molecular formula is C24H17FN4O. The van der Waals surface area contributed by atoms with Crippen molar-refractivity contribution in [1.29, 1.82) is 0 Å². The Balaban J connectivity index is 1.79. The number of rotatable bonds is 4. The van der Waals surface area contributed by atoms with E-state index in [9.17, 15) is 4.39 Å². The van der Waals surface area contributed by atoms with Gasteiger partial charge in [-0.15, -0.1) is 0 Å². The molecule has 0 aliphatic carbocycles. The van der Waals surface area contributed by atoms with E-state index in [1.807, 2.05) is 36.4 Å². The van der Waals surface area contributed by atoms with Gasteiger partial charge in [-0.2, -0.15) is 0 Å². The van der Waals surface area contributed by atoms with E-state index >= 15 is 0 Å². The Morgan fingerprint density at radius 3 is 2.57 bits per heavy atom. The van der Waals surface area contributed by atoms with E-state index in [4.69, 9.17) is 4.84 Å². The van der Waals surface area contributed by atoms with Crippen molar-refractivity contribution in [2.45, 2.75) is 0 Å². The number of pyridine rings is 3. The summed E-state index contributed by atoms with van der Waals surface area (Å²) >= 11 is 0. The van der Waals surface area contributed by atoms with Crippen molar-refractivity contribution in [3.8, 4) is 11.3 Å². The molecule has 0 radical (unpaired) electrons. The Labute approximate surface area is 172 Å². The Hall–Kier alpha value is -3.90. The van der Waals surface area contributed by atoms with Crippen molar-refractivity contribution in [2.75, 3.05) is 12.2 Å². The second-order valence-electron chi connectivity index (χ2n) is 6.71. The van der Waals surface area contributed by atoms with Crippen LogP contribution in [0.2, 0.25) is 0 Å². The van der Waals surface area contributed by atoms with Gasteiger partial charge in [-0.05, 0) is 41.8 Å². The van der Waals surface area contributed by atoms with Gasteiger partial charge in [-0.3, -0.25) is 9.82 Å². The molecule has 0 saturated heterocycles. The Morgan fingerprint density at radius 1 is 0.867 bits per heavy atom. The maximum atomic E-state index is 14.5. The lowest BCUT2D eigenvalue weighted by Crippen LogP contribution is -2.18. The maximum absolute atomic E-state index is 14.5. The second kappa shape index (κ2) is 7.50. The van der Waals surface area contributed by atoms with Crippen molar-refractivity contribution >= 4 is 33.3 Å². The minimum Gasteiger partial charge on any atom is -0.270 e. The molecule has 2 aromatic carbocycles. The second-order valence-corrected chi connectivity index (χ2v) is 6.71. The fourth-order valence-electron chi connectivity index (χ4n) is 3.57. The predicted molar refractivity (Wildman–Crippen MR) is 116 cm³/mol. The van der Waals surface area contributed by atoms with Crippen LogP contribution < -0.4 is 5.06 Å². The molecule has 5 rings (SSSR count). The van der Waals surface area contributed by atoms with Gasteiger partial charge < -0.3 is 0 Å². The molecule has 0 spiro atoms. The highest BCUT2D eigenvalue weighted by atomic mass is 19.1. The van der Waals surface area contributed by atoms with Crippen LogP contribution in [0.15, 0.2) is 85.2 Å². The van der Waals surface area contributed by atoms with Crippen molar-refractivity contribution in [2.24, 2.45) is 0 Å². The van der Waals surface area contributed by atoms with Gasteiger partial charge in [0.2, 0.25) is 0 Å². The topological polar surface area (TPSA) is 51.1 Å². The number of anilines is 2. The first-order valence-corrected chi connectivity index (χ1v) is 9.45. The van der Waals surface area contributed by atoms with Crippen LogP contribution in [0.25, 0.3) is 33.1 Å². The van der Waals surface area contributed by atoms with E-state index in [1.165, 1.54) is 6.07 Å². The molecule has 0 fully saturated rings. The summed E-state index contributed by atoms with van der Waals surface area (Å²) < 4.78 is 14.5. The number of hydrogen-bond acceptors (Lipinski definition) is 5. The average Bonchev–Trinajstić information content (AvgIpc) is 2.80. The van der Waals surface area contributed by atoms with Crippen molar-refractivity contribution in [1.82, 2.24) is 15.0 Å². The van der Waals surface area contributed by atoms with Crippen LogP contribution in [0.1, 0.15) is 0 Å². The summed E-state index contributed by atoms with van der Waals surface area (Å²) in [5.74, 6) is 0.277. The minimum absolute atomic E-state index is 0.341. The van der Waals surface area contributed by atoms with Gasteiger partial charge >= 0.3 is 0 Å². The Kier molecular flexibility index (Phi) is 4.53. The van der Waals surface area contributed by atoms with E-state index in [2.05, 4.69) is 15.0 Å². The number of fused-ring (bicyclic) bond motifs is 2. The number of hydrogen-bond donors (Lipinski definition) is 0. The molecule has 6 heteroatoms. The molecule has 5 aromatic rings. The monoisotopic (exact) mass is 396 g/mol. The predicted octanol–water partition coefficient (Wildman–Crippen LogP) is 5.68. The summed E-state index contributed by atoms with van der Waals surface area (Å²) in [6.45, 7) is 0. The first kappa shape index (κ1) is 18.1. The van der Waals surface area contributed by atoms with E-state index in [0.29, 0.717) is 33.8 Å². The van der Waals surface area contributed by atoms with Gasteiger partial charge in [0.05, 0.1) is 18.3 Å². The summed E-state index contributed by atoms with van der Waals surface area (Å²) in [5, 5.41) is 3.57. The molecular weight excluding hydrogens is 379 g/mol. The SMILES string of the molecule is CON(c1nccc2ccccc12)c1cc(-c2ccccc2F)nc2cccnc12. The van der Waals surface area contributed by atoms with Crippen LogP contribution in [0, 0.1) is 5.82 Å². The molecule has 5 nitrogen and oxygen atoms in total. The molecule has 0 atom stereocenters. The van der Waals surface area contributed by atoms with Gasteiger partial charge in [0, 0.05) is 23.3 Å². The van der Waals surface area contributed by atoms with Crippen LogP contribution in [-0.4, -0.2) is 22.1 Å². The van der Waals surface area contributed by atoms with Gasteiger partial charge in [0.25, 0.3) is 0 Å². The summed E-state index contributed by atoms with van der Waals surface area (Å²) in [6, 6.07) is 21.9. The van der Waals surface area contributed by atoms with Crippen LogP contribution in [0.5, 0.6) is 0 Å². The molecule has 30 heavy (non-hydrogen) atoms. The molecule has 0 aliphatic heterocycles. The lowest BCUT2D eigenvalue weighted by atomic mass is 10.1. The number of aromatic nitrogens is 3. The third-order valence-corrected chi connectivity index (χ3v) is 4.94. The molecule has 0 aliphatic rings. The number of halogens is 1. The third kappa shape index (κ3) is 3.03. The zero-order valence-corrected chi connectivity index (χ0v) is 16.2. The van der Waals surface area contributed by atoms with Crippen LogP contribution >= 0.6 is 0 Å². The van der Waals surface area contributed by atoms with E-state index in [-0.39, 0.29) is 5.82 Å². The Morgan fingerprint density at radius 2 is 1.70 bits per heavy atom. The maximum Gasteiger partial charge on any atom is 0.165 e. The quantitative estimate of drug-likeness (QED) is 0.366. The molecule has 146 valence electrons. The smallest absolute Gasteiger partial charge is 0.165 e. The molecule has 3 heterocycles. The minimum atomic E-state index is -0.341. The van der Waals surface area contributed by atoms with Gasteiger partial charge in [0.15, 0.2) is 5.82 Å². The molecule has 0 N–H and O–H groups in total. The fraction of sp³-hybridized carbons (Fsp3) is 0.0417.